The Hall–Kier alpha value is -0.970. The Morgan fingerprint density at radius 2 is 1.26 bits per heavy atom. The third kappa shape index (κ3) is 8.54. The van der Waals surface area contributed by atoms with Gasteiger partial charge in [0.05, 0.1) is 13.2 Å². The van der Waals surface area contributed by atoms with Gasteiger partial charge in [0.15, 0.2) is 0 Å². The van der Waals surface area contributed by atoms with E-state index >= 15 is 0 Å². The van der Waals surface area contributed by atoms with Crippen LogP contribution in [0.1, 0.15) is 58.3 Å². The molecule has 0 amide bonds. The van der Waals surface area contributed by atoms with Crippen molar-refractivity contribution in [1.82, 2.24) is 0 Å². The van der Waals surface area contributed by atoms with Crippen molar-refractivity contribution in [3.63, 3.8) is 0 Å². The smallest absolute Gasteiger partial charge is 0.303 e. The Morgan fingerprint density at radius 3 is 1.77 bits per heavy atom. The molecule has 13 heteroatoms. The topological polar surface area (TPSA) is 238 Å². The maximum Gasteiger partial charge on any atom is 0.303 e. The van der Waals surface area contributed by atoms with Gasteiger partial charge in [0.1, 0.15) is 54.9 Å². The standard InChI is InChI=1S/C12H22O11.C10H20O2/c13-1-3-5(15)7(17)9(19)11(22-3)12(21)10(20)8(18)6(16)4(2-14)23-12;1-2-3-4-5-6-7-8-9-10(11)12/h3-11,13-21H,1-2H2;2-9H2,1H3,(H,11,12)/t3-,4-,5-,6-,7+,8+,9-,10-,11+,12-;/m1./s1. The number of ether oxygens (including phenoxy) is 2. The van der Waals surface area contributed by atoms with Gasteiger partial charge in [0, 0.05) is 6.42 Å². The lowest BCUT2D eigenvalue weighted by molar-refractivity contribution is -0.406. The van der Waals surface area contributed by atoms with E-state index in [0.29, 0.717) is 6.42 Å². The average molecular weight is 515 g/mol. The Kier molecular flexibility index (Phi) is 14.0. The fourth-order valence-corrected chi connectivity index (χ4v) is 4.09. The maximum absolute atomic E-state index is 10.5. The van der Waals surface area contributed by atoms with Crippen LogP contribution in [0.15, 0.2) is 0 Å². The van der Waals surface area contributed by atoms with E-state index in [1.54, 1.807) is 0 Å². The van der Waals surface area contributed by atoms with Crippen LogP contribution in [0.2, 0.25) is 0 Å². The zero-order valence-corrected chi connectivity index (χ0v) is 20.0. The summed E-state index contributed by atoms with van der Waals surface area (Å²) in [6.07, 6.45) is -7.45. The van der Waals surface area contributed by atoms with Crippen LogP contribution in [0.5, 0.6) is 0 Å². The fraction of sp³-hybridized carbons (Fsp3) is 0.955. The number of carboxylic acids is 1. The Balaban J connectivity index is 0.000000434. The number of carboxylic acid groups (broad SMARTS) is 1. The lowest BCUT2D eigenvalue weighted by Gasteiger charge is -2.52. The van der Waals surface area contributed by atoms with E-state index in [-0.39, 0.29) is 0 Å². The van der Waals surface area contributed by atoms with Crippen molar-refractivity contribution in [3.05, 3.63) is 0 Å². The number of hydrogen-bond acceptors (Lipinski definition) is 12. The van der Waals surface area contributed by atoms with Crippen LogP contribution in [0.25, 0.3) is 0 Å². The molecule has 0 aromatic rings. The average Bonchev–Trinajstić information content (AvgIpc) is 2.83. The Bertz CT molecular complexity index is 604. The normalized spacial score (nSPS) is 39.5. The fourth-order valence-electron chi connectivity index (χ4n) is 4.09. The van der Waals surface area contributed by atoms with E-state index in [1.807, 2.05) is 0 Å². The molecule has 35 heavy (non-hydrogen) atoms. The molecule has 208 valence electrons. The molecule has 2 fully saturated rings. The highest BCUT2D eigenvalue weighted by molar-refractivity contribution is 5.66. The largest absolute Gasteiger partial charge is 0.481 e. The van der Waals surface area contributed by atoms with E-state index in [4.69, 9.17) is 24.8 Å². The molecule has 0 aliphatic carbocycles. The summed E-state index contributed by atoms with van der Waals surface area (Å²) in [6.45, 7) is 0.595. The first kappa shape index (κ1) is 32.1. The molecule has 0 bridgehead atoms. The van der Waals surface area contributed by atoms with Crippen molar-refractivity contribution in [2.45, 2.75) is 119 Å². The number of carbonyl (C=O) groups is 1. The van der Waals surface area contributed by atoms with Crippen LogP contribution in [0.3, 0.4) is 0 Å². The second-order valence-electron chi connectivity index (χ2n) is 9.03. The van der Waals surface area contributed by atoms with Gasteiger partial charge in [-0.3, -0.25) is 4.79 Å². The molecule has 0 saturated carbocycles. The van der Waals surface area contributed by atoms with E-state index in [1.165, 1.54) is 32.1 Å². The third-order valence-electron chi connectivity index (χ3n) is 6.29. The highest BCUT2D eigenvalue weighted by Gasteiger charge is 2.62. The molecule has 2 rings (SSSR count). The quantitative estimate of drug-likeness (QED) is 0.126. The molecule has 0 radical (unpaired) electrons. The number of unbranched alkanes of at least 4 members (excludes halogenated alkanes) is 6. The van der Waals surface area contributed by atoms with Gasteiger partial charge in [-0.25, -0.2) is 0 Å². The number of rotatable bonds is 11. The zero-order valence-electron chi connectivity index (χ0n) is 20.0. The summed E-state index contributed by atoms with van der Waals surface area (Å²) in [6, 6.07) is 0. The van der Waals surface area contributed by atoms with Gasteiger partial charge in [0.2, 0.25) is 5.79 Å². The number of aliphatic hydroxyl groups is 9. The van der Waals surface area contributed by atoms with Gasteiger partial charge in [-0.2, -0.15) is 0 Å². The summed E-state index contributed by atoms with van der Waals surface area (Å²) in [5.74, 6) is -3.48. The molecular weight excluding hydrogens is 472 g/mol. The lowest BCUT2D eigenvalue weighted by atomic mass is 9.83. The molecule has 0 spiro atoms. The number of aliphatic carboxylic acids is 1. The highest BCUT2D eigenvalue weighted by Crippen LogP contribution is 2.37. The summed E-state index contributed by atoms with van der Waals surface area (Å²) >= 11 is 0. The monoisotopic (exact) mass is 514 g/mol. The minimum atomic E-state index is -2.82. The van der Waals surface area contributed by atoms with Crippen LogP contribution >= 0.6 is 0 Å². The molecule has 13 nitrogen and oxygen atoms in total. The Morgan fingerprint density at radius 1 is 0.743 bits per heavy atom. The lowest BCUT2D eigenvalue weighted by Crippen LogP contribution is -2.75. The van der Waals surface area contributed by atoms with Crippen LogP contribution in [0, 0.1) is 0 Å². The van der Waals surface area contributed by atoms with Crippen LogP contribution in [-0.4, -0.2) is 131 Å². The van der Waals surface area contributed by atoms with E-state index < -0.39 is 79.9 Å². The van der Waals surface area contributed by atoms with E-state index in [0.717, 1.165) is 12.8 Å². The number of aliphatic hydroxyl groups excluding tert-OH is 8. The van der Waals surface area contributed by atoms with Gasteiger partial charge in [-0.15, -0.1) is 0 Å². The van der Waals surface area contributed by atoms with Gasteiger partial charge in [-0.1, -0.05) is 45.4 Å². The van der Waals surface area contributed by atoms with Crippen molar-refractivity contribution in [3.8, 4) is 0 Å². The highest BCUT2D eigenvalue weighted by atomic mass is 16.7. The molecule has 2 heterocycles. The molecule has 0 unspecified atom stereocenters. The van der Waals surface area contributed by atoms with Gasteiger partial charge >= 0.3 is 5.97 Å². The van der Waals surface area contributed by atoms with Gasteiger partial charge < -0.3 is 60.5 Å². The summed E-state index contributed by atoms with van der Waals surface area (Å²) in [4.78, 5) is 10.1. The van der Waals surface area contributed by atoms with Crippen LogP contribution in [-0.2, 0) is 14.3 Å². The first-order valence-electron chi connectivity index (χ1n) is 12.0. The summed E-state index contributed by atoms with van der Waals surface area (Å²) in [5.41, 5.74) is 0. The minimum absolute atomic E-state index is 0.341. The molecule has 0 aromatic carbocycles. The maximum atomic E-state index is 10.5. The van der Waals surface area contributed by atoms with Crippen molar-refractivity contribution in [2.24, 2.45) is 0 Å². The van der Waals surface area contributed by atoms with Gasteiger partial charge in [-0.05, 0) is 6.42 Å². The SMILES string of the molecule is CCCCCCCCCC(=O)O.OC[C@H]1O[C@H]([C@]2(O)O[C@H](CO)[C@@H](O)[C@H](O)[C@H]2O)[C@H](O)[C@@H](O)[C@@H]1O. The third-order valence-corrected chi connectivity index (χ3v) is 6.29. The summed E-state index contributed by atoms with van der Waals surface area (Å²) in [7, 11) is 0. The molecule has 2 aliphatic heterocycles. The molecule has 10 N–H and O–H groups in total. The molecule has 10 atom stereocenters. The predicted octanol–water partition coefficient (Wildman–Crippen LogP) is -2.80. The number of hydrogen-bond donors (Lipinski definition) is 10. The van der Waals surface area contributed by atoms with Crippen molar-refractivity contribution in [2.75, 3.05) is 13.2 Å². The minimum Gasteiger partial charge on any atom is -0.481 e. The summed E-state index contributed by atoms with van der Waals surface area (Å²) < 4.78 is 10.1. The van der Waals surface area contributed by atoms with Crippen molar-refractivity contribution >= 4 is 5.97 Å². The molecule has 2 saturated heterocycles. The van der Waals surface area contributed by atoms with Crippen LogP contribution in [0.4, 0.5) is 0 Å². The van der Waals surface area contributed by atoms with Crippen molar-refractivity contribution < 1.29 is 65.3 Å². The molecular formula is C22H42O13. The zero-order chi connectivity index (χ0) is 26.8. The molecule has 2 aliphatic rings. The first-order valence-corrected chi connectivity index (χ1v) is 12.0. The van der Waals surface area contributed by atoms with E-state index in [2.05, 4.69) is 6.92 Å². The Labute approximate surface area is 204 Å². The predicted molar refractivity (Wildman–Crippen MR) is 119 cm³/mol. The first-order chi connectivity index (χ1) is 16.5. The summed E-state index contributed by atoms with van der Waals surface area (Å²) in [5, 5.41) is 96.0. The van der Waals surface area contributed by atoms with Gasteiger partial charge in [0.25, 0.3) is 0 Å². The van der Waals surface area contributed by atoms with Crippen molar-refractivity contribution in [1.29, 1.82) is 0 Å². The molecule has 0 aromatic heterocycles. The second-order valence-corrected chi connectivity index (χ2v) is 9.03. The van der Waals surface area contributed by atoms with Crippen LogP contribution < -0.4 is 0 Å². The second kappa shape index (κ2) is 15.3. The van der Waals surface area contributed by atoms with E-state index in [9.17, 15) is 40.5 Å².